The number of allylic oxidation sites excluding steroid dienone is 1. The fourth-order valence-corrected chi connectivity index (χ4v) is 5.02. The van der Waals surface area contributed by atoms with E-state index in [4.69, 9.17) is 14.2 Å². The quantitative estimate of drug-likeness (QED) is 0.302. The van der Waals surface area contributed by atoms with Crippen molar-refractivity contribution < 1.29 is 23.8 Å². The Morgan fingerprint density at radius 1 is 1.17 bits per heavy atom. The Hall–Kier alpha value is -3.74. The molecule has 0 saturated carbocycles. The van der Waals surface area contributed by atoms with Crippen molar-refractivity contribution in [1.82, 2.24) is 4.90 Å². The smallest absolute Gasteiger partial charge is 0.311 e. The SMILES string of the molecule is C=CCC1Oc2ccc(OC(=O)CCC(=O)N(C)C)c(OC)c2-c2ccc3c(c21)C(C)=CC(C)(C)N3. The third kappa shape index (κ3) is 4.70. The normalized spacial score (nSPS) is 16.7. The van der Waals surface area contributed by atoms with Gasteiger partial charge in [0.1, 0.15) is 11.9 Å². The second-order valence-corrected chi connectivity index (χ2v) is 9.99. The molecule has 0 aliphatic carbocycles. The number of nitrogens with one attached hydrogen (secondary N) is 1. The topological polar surface area (TPSA) is 77.1 Å². The summed E-state index contributed by atoms with van der Waals surface area (Å²) in [7, 11) is 4.86. The summed E-state index contributed by atoms with van der Waals surface area (Å²) in [5.74, 6) is 0.730. The predicted octanol–water partition coefficient (Wildman–Crippen LogP) is 5.75. The number of hydrogen-bond donors (Lipinski definition) is 1. The summed E-state index contributed by atoms with van der Waals surface area (Å²) in [5.41, 5.74) is 5.91. The van der Waals surface area contributed by atoms with Gasteiger partial charge in [-0.25, -0.2) is 0 Å². The second-order valence-electron chi connectivity index (χ2n) is 9.99. The Kier molecular flexibility index (Phi) is 6.85. The minimum Gasteiger partial charge on any atom is -0.492 e. The lowest BCUT2D eigenvalue weighted by molar-refractivity contribution is -0.138. The maximum atomic E-state index is 12.5. The lowest BCUT2D eigenvalue weighted by atomic mass is 9.81. The van der Waals surface area contributed by atoms with Gasteiger partial charge in [-0.15, -0.1) is 6.58 Å². The molecule has 1 N–H and O–H groups in total. The number of carbonyl (C=O) groups excluding carboxylic acids is 2. The first-order chi connectivity index (χ1) is 17.1. The van der Waals surface area contributed by atoms with E-state index in [1.165, 1.54) is 10.5 Å². The molecule has 1 amide bonds. The fraction of sp³-hybridized carbons (Fsp3) is 0.379. The summed E-state index contributed by atoms with van der Waals surface area (Å²) in [6.07, 6.45) is 4.56. The van der Waals surface area contributed by atoms with Crippen LogP contribution in [-0.2, 0) is 9.59 Å². The average molecular weight is 491 g/mol. The molecule has 0 saturated heterocycles. The van der Waals surface area contributed by atoms with Gasteiger partial charge in [-0.05, 0) is 50.1 Å². The molecule has 2 aromatic rings. The fourth-order valence-electron chi connectivity index (χ4n) is 5.02. The van der Waals surface area contributed by atoms with Crippen LogP contribution in [0.25, 0.3) is 16.7 Å². The highest BCUT2D eigenvalue weighted by Gasteiger charge is 2.35. The molecule has 1 atom stereocenters. The summed E-state index contributed by atoms with van der Waals surface area (Å²) in [5, 5.41) is 3.61. The molecule has 1 unspecified atom stereocenters. The highest BCUT2D eigenvalue weighted by molar-refractivity contribution is 5.92. The minimum absolute atomic E-state index is 0.0231. The van der Waals surface area contributed by atoms with E-state index in [1.807, 2.05) is 6.08 Å². The third-order valence-corrected chi connectivity index (χ3v) is 6.47. The molecule has 2 heterocycles. The molecular weight excluding hydrogens is 456 g/mol. The molecular formula is C29H34N2O5. The monoisotopic (exact) mass is 490 g/mol. The van der Waals surface area contributed by atoms with Gasteiger partial charge in [-0.3, -0.25) is 9.59 Å². The van der Waals surface area contributed by atoms with Crippen LogP contribution >= 0.6 is 0 Å². The Labute approximate surface area is 212 Å². The highest BCUT2D eigenvalue weighted by atomic mass is 16.6. The van der Waals surface area contributed by atoms with E-state index >= 15 is 0 Å². The van der Waals surface area contributed by atoms with Crippen molar-refractivity contribution in [2.24, 2.45) is 0 Å². The Morgan fingerprint density at radius 3 is 2.58 bits per heavy atom. The van der Waals surface area contributed by atoms with Crippen LogP contribution in [0.2, 0.25) is 0 Å². The van der Waals surface area contributed by atoms with Crippen molar-refractivity contribution in [1.29, 1.82) is 0 Å². The number of hydrogen-bond acceptors (Lipinski definition) is 6. The molecule has 0 bridgehead atoms. The summed E-state index contributed by atoms with van der Waals surface area (Å²) in [6, 6.07) is 7.62. The van der Waals surface area contributed by atoms with Crippen LogP contribution in [0.4, 0.5) is 5.69 Å². The predicted molar refractivity (Wildman–Crippen MR) is 142 cm³/mol. The van der Waals surface area contributed by atoms with E-state index in [-0.39, 0.29) is 30.4 Å². The minimum atomic E-state index is -0.499. The third-order valence-electron chi connectivity index (χ3n) is 6.47. The van der Waals surface area contributed by atoms with E-state index in [1.54, 1.807) is 33.3 Å². The van der Waals surface area contributed by atoms with Gasteiger partial charge in [0, 0.05) is 43.8 Å². The number of ether oxygens (including phenoxy) is 3. The number of esters is 1. The van der Waals surface area contributed by atoms with Gasteiger partial charge in [-0.2, -0.15) is 0 Å². The summed E-state index contributed by atoms with van der Waals surface area (Å²) < 4.78 is 17.9. The van der Waals surface area contributed by atoms with Crippen LogP contribution in [0, 0.1) is 0 Å². The van der Waals surface area contributed by atoms with Gasteiger partial charge in [0.25, 0.3) is 0 Å². The van der Waals surface area contributed by atoms with Crippen molar-refractivity contribution in [3.63, 3.8) is 0 Å². The molecule has 2 aliphatic rings. The van der Waals surface area contributed by atoms with Crippen LogP contribution in [0.15, 0.2) is 43.0 Å². The van der Waals surface area contributed by atoms with E-state index < -0.39 is 5.97 Å². The zero-order valence-corrected chi connectivity index (χ0v) is 21.9. The van der Waals surface area contributed by atoms with Crippen molar-refractivity contribution in [2.75, 3.05) is 26.5 Å². The number of fused-ring (bicyclic) bond motifs is 5. The Balaban J connectivity index is 1.79. The van der Waals surface area contributed by atoms with Gasteiger partial charge in [-0.1, -0.05) is 18.2 Å². The van der Waals surface area contributed by atoms with Crippen molar-refractivity contribution >= 4 is 23.1 Å². The number of rotatable bonds is 7. The maximum absolute atomic E-state index is 12.5. The van der Waals surface area contributed by atoms with E-state index in [2.05, 4.69) is 50.9 Å². The van der Waals surface area contributed by atoms with E-state index in [0.29, 0.717) is 23.7 Å². The first-order valence-electron chi connectivity index (χ1n) is 12.1. The molecule has 0 fully saturated rings. The first kappa shape index (κ1) is 25.4. The highest BCUT2D eigenvalue weighted by Crippen LogP contribution is 2.54. The molecule has 4 rings (SSSR count). The lowest BCUT2D eigenvalue weighted by Crippen LogP contribution is -2.32. The maximum Gasteiger partial charge on any atom is 0.311 e. The summed E-state index contributed by atoms with van der Waals surface area (Å²) in [6.45, 7) is 10.3. The molecule has 0 aromatic heterocycles. The molecule has 190 valence electrons. The van der Waals surface area contributed by atoms with Crippen LogP contribution in [0.3, 0.4) is 0 Å². The Morgan fingerprint density at radius 2 is 1.92 bits per heavy atom. The standard InChI is InChI=1S/C29H34N2O5/c1-8-9-20-26-18(10-11-19-25(26)17(2)16-29(3,4)30-19)27-21(35-20)12-13-22(28(27)34-7)36-24(33)15-14-23(32)31(5)6/h8,10-13,16,20,30H,1,9,14-15H2,2-7H3. The van der Waals surface area contributed by atoms with Crippen molar-refractivity contribution in [3.05, 3.63) is 54.1 Å². The van der Waals surface area contributed by atoms with Crippen LogP contribution < -0.4 is 19.5 Å². The van der Waals surface area contributed by atoms with E-state index in [0.717, 1.165) is 27.9 Å². The van der Waals surface area contributed by atoms with Gasteiger partial charge in [0.2, 0.25) is 5.91 Å². The number of carbonyl (C=O) groups is 2. The van der Waals surface area contributed by atoms with Gasteiger partial charge >= 0.3 is 5.97 Å². The van der Waals surface area contributed by atoms with Gasteiger partial charge < -0.3 is 24.4 Å². The zero-order valence-electron chi connectivity index (χ0n) is 21.9. The Bertz CT molecular complexity index is 1260. The number of amides is 1. The largest absolute Gasteiger partial charge is 0.492 e. The number of methoxy groups -OCH3 is 1. The van der Waals surface area contributed by atoms with Crippen molar-refractivity contribution in [3.8, 4) is 28.4 Å². The molecule has 0 spiro atoms. The van der Waals surface area contributed by atoms with Crippen molar-refractivity contribution in [2.45, 2.75) is 51.7 Å². The van der Waals surface area contributed by atoms with Crippen LogP contribution in [-0.4, -0.2) is 43.5 Å². The van der Waals surface area contributed by atoms with E-state index in [9.17, 15) is 9.59 Å². The molecule has 7 heteroatoms. The lowest BCUT2D eigenvalue weighted by Gasteiger charge is -2.37. The van der Waals surface area contributed by atoms with Gasteiger partial charge in [0.05, 0.1) is 24.6 Å². The molecule has 36 heavy (non-hydrogen) atoms. The average Bonchev–Trinajstić information content (AvgIpc) is 2.81. The first-order valence-corrected chi connectivity index (χ1v) is 12.1. The summed E-state index contributed by atoms with van der Waals surface area (Å²) >= 11 is 0. The molecule has 7 nitrogen and oxygen atoms in total. The molecule has 2 aromatic carbocycles. The zero-order chi connectivity index (χ0) is 26.2. The van der Waals surface area contributed by atoms with Crippen LogP contribution in [0.5, 0.6) is 17.2 Å². The number of nitrogens with zero attached hydrogens (tertiary/aromatic N) is 1. The van der Waals surface area contributed by atoms with Gasteiger partial charge in [0.15, 0.2) is 11.5 Å². The van der Waals surface area contributed by atoms with Crippen LogP contribution in [0.1, 0.15) is 57.3 Å². The number of benzene rings is 2. The summed E-state index contributed by atoms with van der Waals surface area (Å²) in [4.78, 5) is 25.9. The molecule has 2 aliphatic heterocycles. The number of anilines is 1. The molecule has 0 radical (unpaired) electrons. The second kappa shape index (κ2) is 9.72.